The zero-order valence-corrected chi connectivity index (χ0v) is 18.5. The number of nitrogens with one attached hydrogen (secondary N) is 1. The quantitative estimate of drug-likeness (QED) is 0.372. The molecule has 0 aliphatic heterocycles. The first-order valence-electron chi connectivity index (χ1n) is 11.5. The maximum absolute atomic E-state index is 12.4. The molecule has 30 heavy (non-hydrogen) atoms. The lowest BCUT2D eigenvalue weighted by Crippen LogP contribution is -2.25. The summed E-state index contributed by atoms with van der Waals surface area (Å²) < 4.78 is 2.39. The van der Waals surface area contributed by atoms with Crippen LogP contribution in [0.3, 0.4) is 0 Å². The molecule has 0 saturated heterocycles. The molecule has 0 spiro atoms. The molecule has 0 atom stereocenters. The SMILES string of the molecule is CCCCCCCCn1c(CCCNC(=O)c2ccccc2C)nc2ccccc21. The van der Waals surface area contributed by atoms with Crippen LogP contribution >= 0.6 is 0 Å². The van der Waals surface area contributed by atoms with Crippen LogP contribution in [-0.2, 0) is 13.0 Å². The van der Waals surface area contributed by atoms with E-state index in [0.717, 1.165) is 41.9 Å². The normalized spacial score (nSPS) is 11.1. The van der Waals surface area contributed by atoms with Gasteiger partial charge in [-0.3, -0.25) is 4.79 Å². The molecule has 2 aromatic carbocycles. The Labute approximate surface area is 180 Å². The molecule has 3 aromatic rings. The second kappa shape index (κ2) is 11.5. The first-order valence-corrected chi connectivity index (χ1v) is 11.5. The van der Waals surface area contributed by atoms with E-state index in [1.54, 1.807) is 0 Å². The van der Waals surface area contributed by atoms with E-state index in [2.05, 4.69) is 41.1 Å². The number of aryl methyl sites for hydroxylation is 3. The topological polar surface area (TPSA) is 46.9 Å². The zero-order valence-electron chi connectivity index (χ0n) is 18.5. The van der Waals surface area contributed by atoms with Gasteiger partial charge in [-0.1, -0.05) is 69.4 Å². The van der Waals surface area contributed by atoms with Crippen molar-refractivity contribution < 1.29 is 4.79 Å². The molecular weight excluding hydrogens is 370 g/mol. The molecule has 4 nitrogen and oxygen atoms in total. The number of nitrogens with zero attached hydrogens (tertiary/aromatic N) is 2. The molecule has 3 rings (SSSR count). The molecule has 1 aromatic heterocycles. The van der Waals surface area contributed by atoms with Crippen molar-refractivity contribution in [2.45, 2.75) is 71.8 Å². The number of aromatic nitrogens is 2. The van der Waals surface area contributed by atoms with Crippen molar-refractivity contribution in [2.75, 3.05) is 6.54 Å². The zero-order chi connectivity index (χ0) is 21.2. The van der Waals surface area contributed by atoms with Gasteiger partial charge in [0.05, 0.1) is 11.0 Å². The molecule has 0 radical (unpaired) electrons. The van der Waals surface area contributed by atoms with E-state index in [1.807, 2.05) is 31.2 Å². The van der Waals surface area contributed by atoms with Crippen LogP contribution in [0.25, 0.3) is 11.0 Å². The fraction of sp³-hybridized carbons (Fsp3) is 0.462. The van der Waals surface area contributed by atoms with Gasteiger partial charge in [-0.15, -0.1) is 0 Å². The third-order valence-corrected chi connectivity index (χ3v) is 5.72. The minimum Gasteiger partial charge on any atom is -0.352 e. The Balaban J connectivity index is 1.54. The number of hydrogen-bond donors (Lipinski definition) is 1. The van der Waals surface area contributed by atoms with Crippen molar-refractivity contribution in [1.82, 2.24) is 14.9 Å². The van der Waals surface area contributed by atoms with Crippen molar-refractivity contribution in [2.24, 2.45) is 0 Å². The number of fused-ring (bicyclic) bond motifs is 1. The standard InChI is InChI=1S/C26H35N3O/c1-3-4-5-6-7-12-20-29-24-17-11-10-16-23(24)28-25(29)18-13-19-27-26(30)22-15-9-8-14-21(22)2/h8-11,14-17H,3-7,12-13,18-20H2,1-2H3,(H,27,30). The fourth-order valence-corrected chi connectivity index (χ4v) is 3.99. The van der Waals surface area contributed by atoms with E-state index < -0.39 is 0 Å². The number of hydrogen-bond acceptors (Lipinski definition) is 2. The van der Waals surface area contributed by atoms with Crippen LogP contribution in [-0.4, -0.2) is 22.0 Å². The summed E-state index contributed by atoms with van der Waals surface area (Å²) in [6.07, 6.45) is 9.52. The summed E-state index contributed by atoms with van der Waals surface area (Å²) in [5.74, 6) is 1.14. The van der Waals surface area contributed by atoms with Gasteiger partial charge in [-0.25, -0.2) is 4.98 Å². The average Bonchev–Trinajstić information content (AvgIpc) is 3.11. The third kappa shape index (κ3) is 5.94. The molecule has 0 saturated carbocycles. The highest BCUT2D eigenvalue weighted by Gasteiger charge is 2.11. The average molecular weight is 406 g/mol. The predicted octanol–water partition coefficient (Wildman–Crippen LogP) is 6.07. The van der Waals surface area contributed by atoms with Crippen LogP contribution in [0.5, 0.6) is 0 Å². The van der Waals surface area contributed by atoms with Crippen molar-refractivity contribution in [3.8, 4) is 0 Å². The van der Waals surface area contributed by atoms with E-state index in [-0.39, 0.29) is 5.91 Å². The maximum atomic E-state index is 12.4. The number of rotatable bonds is 12. The number of carbonyl (C=O) groups is 1. The number of amides is 1. The number of para-hydroxylation sites is 2. The van der Waals surface area contributed by atoms with Crippen LogP contribution in [0.4, 0.5) is 0 Å². The molecule has 0 aliphatic rings. The Morgan fingerprint density at radius 2 is 1.67 bits per heavy atom. The summed E-state index contributed by atoms with van der Waals surface area (Å²) in [5.41, 5.74) is 4.07. The highest BCUT2D eigenvalue weighted by Crippen LogP contribution is 2.19. The lowest BCUT2D eigenvalue weighted by atomic mass is 10.1. The minimum absolute atomic E-state index is 0.00804. The smallest absolute Gasteiger partial charge is 0.251 e. The summed E-state index contributed by atoms with van der Waals surface area (Å²) in [4.78, 5) is 17.3. The molecule has 1 amide bonds. The summed E-state index contributed by atoms with van der Waals surface area (Å²) >= 11 is 0. The fourth-order valence-electron chi connectivity index (χ4n) is 3.99. The first kappa shape index (κ1) is 22.1. The van der Waals surface area contributed by atoms with Gasteiger partial charge in [0, 0.05) is 25.1 Å². The third-order valence-electron chi connectivity index (χ3n) is 5.72. The number of carbonyl (C=O) groups excluding carboxylic acids is 1. The van der Waals surface area contributed by atoms with Crippen molar-refractivity contribution in [1.29, 1.82) is 0 Å². The van der Waals surface area contributed by atoms with Crippen LogP contribution in [0.2, 0.25) is 0 Å². The van der Waals surface area contributed by atoms with E-state index in [4.69, 9.17) is 4.98 Å². The van der Waals surface area contributed by atoms with Gasteiger partial charge in [0.1, 0.15) is 5.82 Å². The lowest BCUT2D eigenvalue weighted by Gasteiger charge is -2.10. The van der Waals surface area contributed by atoms with E-state index >= 15 is 0 Å². The molecule has 160 valence electrons. The van der Waals surface area contributed by atoms with Gasteiger partial charge < -0.3 is 9.88 Å². The Bertz CT molecular complexity index is 944. The van der Waals surface area contributed by atoms with Gasteiger partial charge in [0.25, 0.3) is 5.91 Å². The Morgan fingerprint density at radius 1 is 0.933 bits per heavy atom. The molecule has 0 fully saturated rings. The van der Waals surface area contributed by atoms with Gasteiger partial charge >= 0.3 is 0 Å². The monoisotopic (exact) mass is 405 g/mol. The first-order chi connectivity index (χ1) is 14.7. The number of imidazole rings is 1. The molecule has 0 unspecified atom stereocenters. The maximum Gasteiger partial charge on any atom is 0.251 e. The van der Waals surface area contributed by atoms with E-state index in [1.165, 1.54) is 44.0 Å². The van der Waals surface area contributed by atoms with Gasteiger partial charge in [0.15, 0.2) is 0 Å². The highest BCUT2D eigenvalue weighted by atomic mass is 16.1. The largest absolute Gasteiger partial charge is 0.352 e. The molecule has 0 aliphatic carbocycles. The van der Waals surface area contributed by atoms with E-state index in [0.29, 0.717) is 6.54 Å². The highest BCUT2D eigenvalue weighted by molar-refractivity contribution is 5.95. The van der Waals surface area contributed by atoms with Crippen LogP contribution in [0.15, 0.2) is 48.5 Å². The van der Waals surface area contributed by atoms with Crippen LogP contribution < -0.4 is 5.32 Å². The molecule has 0 bridgehead atoms. The number of benzene rings is 2. The minimum atomic E-state index is 0.00804. The second-order valence-electron chi connectivity index (χ2n) is 8.11. The summed E-state index contributed by atoms with van der Waals surface area (Å²) in [5, 5.41) is 3.06. The molecular formula is C26H35N3O. The van der Waals surface area contributed by atoms with Crippen molar-refractivity contribution in [3.63, 3.8) is 0 Å². The lowest BCUT2D eigenvalue weighted by molar-refractivity contribution is 0.0952. The Morgan fingerprint density at radius 3 is 2.50 bits per heavy atom. The van der Waals surface area contributed by atoms with Crippen molar-refractivity contribution >= 4 is 16.9 Å². The Kier molecular flexibility index (Phi) is 8.49. The van der Waals surface area contributed by atoms with Crippen molar-refractivity contribution in [3.05, 3.63) is 65.5 Å². The van der Waals surface area contributed by atoms with Gasteiger partial charge in [-0.2, -0.15) is 0 Å². The van der Waals surface area contributed by atoms with Gasteiger partial charge in [0.2, 0.25) is 0 Å². The molecule has 1 N–H and O–H groups in total. The number of unbranched alkanes of at least 4 members (excludes halogenated alkanes) is 5. The van der Waals surface area contributed by atoms with Crippen LogP contribution in [0.1, 0.15) is 73.6 Å². The summed E-state index contributed by atoms with van der Waals surface area (Å²) in [6.45, 7) is 5.91. The van der Waals surface area contributed by atoms with Crippen LogP contribution in [0, 0.1) is 6.92 Å². The van der Waals surface area contributed by atoms with E-state index in [9.17, 15) is 4.79 Å². The van der Waals surface area contributed by atoms with Gasteiger partial charge in [-0.05, 0) is 43.5 Å². The second-order valence-corrected chi connectivity index (χ2v) is 8.11. The molecule has 4 heteroatoms. The predicted molar refractivity (Wildman–Crippen MR) is 125 cm³/mol. The molecule has 1 heterocycles. The Hall–Kier alpha value is -2.62. The summed E-state index contributed by atoms with van der Waals surface area (Å²) in [7, 11) is 0. The summed E-state index contributed by atoms with van der Waals surface area (Å²) in [6, 6.07) is 16.1.